The molecule has 102 valence electrons. The van der Waals surface area contributed by atoms with Crippen molar-refractivity contribution < 1.29 is 26.7 Å². The Kier molecular flexibility index (Phi) is 5.60. The monoisotopic (exact) mass is 282 g/mol. The Morgan fingerprint density at radius 2 is 2.00 bits per heavy atom. The van der Waals surface area contributed by atoms with Crippen molar-refractivity contribution in [1.29, 1.82) is 0 Å². The van der Waals surface area contributed by atoms with Crippen LogP contribution in [0.1, 0.15) is 12.8 Å². The van der Waals surface area contributed by atoms with Crippen molar-refractivity contribution in [2.24, 2.45) is 0 Å². The normalized spacial score (nSPS) is 23.0. The molecule has 0 aromatic carbocycles. The van der Waals surface area contributed by atoms with Gasteiger partial charge in [-0.1, -0.05) is 0 Å². The third-order valence-electron chi connectivity index (χ3n) is 2.13. The van der Waals surface area contributed by atoms with Crippen molar-refractivity contribution in [2.45, 2.75) is 31.0 Å². The van der Waals surface area contributed by atoms with E-state index in [1.807, 2.05) is 5.32 Å². The first-order chi connectivity index (χ1) is 7.20. The molecule has 1 heterocycles. The maximum absolute atomic E-state index is 12.6. The Labute approximate surface area is 101 Å². The Hall–Kier alpha value is -0.630. The van der Waals surface area contributed by atoms with E-state index in [-0.39, 0.29) is 12.4 Å². The highest BCUT2D eigenvalue weighted by molar-refractivity contribution is 5.85. The molecule has 1 fully saturated rings. The number of carbonyl (C=O) groups is 1. The van der Waals surface area contributed by atoms with Gasteiger partial charge in [0, 0.05) is 13.0 Å². The van der Waals surface area contributed by atoms with Gasteiger partial charge >= 0.3 is 6.18 Å². The minimum absolute atomic E-state index is 0. The van der Waals surface area contributed by atoms with Crippen molar-refractivity contribution in [1.82, 2.24) is 10.6 Å². The van der Waals surface area contributed by atoms with Gasteiger partial charge in [0.15, 0.2) is 0 Å². The van der Waals surface area contributed by atoms with E-state index in [0.717, 1.165) is 0 Å². The quantitative estimate of drug-likeness (QED) is 0.770. The average molecular weight is 283 g/mol. The second-order valence-corrected chi connectivity index (χ2v) is 3.65. The fraction of sp³-hybridized carbons (Fsp3) is 0.875. The van der Waals surface area contributed by atoms with Gasteiger partial charge in [-0.3, -0.25) is 10.1 Å². The molecule has 0 saturated carbocycles. The molecule has 17 heavy (non-hydrogen) atoms. The first-order valence-corrected chi connectivity index (χ1v) is 4.65. The topological polar surface area (TPSA) is 41.1 Å². The van der Waals surface area contributed by atoms with Gasteiger partial charge in [0.2, 0.25) is 5.91 Å². The second kappa shape index (κ2) is 5.81. The molecule has 0 aromatic heterocycles. The summed E-state index contributed by atoms with van der Waals surface area (Å²) in [6.45, 7) is -1.21. The lowest BCUT2D eigenvalue weighted by Gasteiger charge is -2.12. The smallest absolute Gasteiger partial charge is 0.354 e. The number of amides is 1. The van der Waals surface area contributed by atoms with E-state index in [0.29, 0.717) is 0 Å². The fourth-order valence-corrected chi connectivity index (χ4v) is 1.35. The van der Waals surface area contributed by atoms with Crippen LogP contribution in [0.2, 0.25) is 0 Å². The van der Waals surface area contributed by atoms with Crippen molar-refractivity contribution in [3.8, 4) is 0 Å². The summed E-state index contributed by atoms with van der Waals surface area (Å²) < 4.78 is 60.4. The second-order valence-electron chi connectivity index (χ2n) is 3.65. The Morgan fingerprint density at radius 1 is 1.41 bits per heavy atom. The first-order valence-electron chi connectivity index (χ1n) is 4.65. The Bertz CT molecular complexity index is 271. The van der Waals surface area contributed by atoms with Crippen LogP contribution in [0.4, 0.5) is 22.0 Å². The maximum atomic E-state index is 12.6. The maximum Gasteiger partial charge on any atom is 0.390 e. The van der Waals surface area contributed by atoms with Crippen molar-refractivity contribution in [3.63, 3.8) is 0 Å². The number of alkyl halides is 5. The lowest BCUT2D eigenvalue weighted by atomic mass is 10.2. The summed E-state index contributed by atoms with van der Waals surface area (Å²) in [7, 11) is 0. The standard InChI is InChI=1S/C8H11F5N2O.ClH/c9-7(10)3-5(15-4-7)6(16)14-2-1-8(11,12)13;/h5,15H,1-4H2,(H,14,16);1H. The van der Waals surface area contributed by atoms with Gasteiger partial charge in [-0.25, -0.2) is 8.78 Å². The molecule has 1 unspecified atom stereocenters. The van der Waals surface area contributed by atoms with Crippen LogP contribution in [0.25, 0.3) is 0 Å². The van der Waals surface area contributed by atoms with E-state index < -0.39 is 50.0 Å². The fourth-order valence-electron chi connectivity index (χ4n) is 1.35. The number of carbonyl (C=O) groups excluding carboxylic acids is 1. The van der Waals surface area contributed by atoms with Gasteiger partial charge in [-0.05, 0) is 0 Å². The zero-order valence-corrected chi connectivity index (χ0v) is 9.43. The molecule has 0 spiro atoms. The third-order valence-corrected chi connectivity index (χ3v) is 2.13. The van der Waals surface area contributed by atoms with Gasteiger partial charge in [0.05, 0.1) is 19.0 Å². The molecule has 1 aliphatic heterocycles. The zero-order valence-electron chi connectivity index (χ0n) is 8.61. The average Bonchev–Trinajstić information content (AvgIpc) is 2.43. The van der Waals surface area contributed by atoms with E-state index >= 15 is 0 Å². The highest BCUT2D eigenvalue weighted by Gasteiger charge is 2.42. The lowest BCUT2D eigenvalue weighted by Crippen LogP contribution is -2.41. The molecule has 1 rings (SSSR count). The van der Waals surface area contributed by atoms with Gasteiger partial charge in [-0.15, -0.1) is 12.4 Å². The minimum Gasteiger partial charge on any atom is -0.354 e. The Morgan fingerprint density at radius 3 is 2.41 bits per heavy atom. The number of nitrogens with one attached hydrogen (secondary N) is 2. The summed E-state index contributed by atoms with van der Waals surface area (Å²) in [6, 6.07) is -1.11. The van der Waals surface area contributed by atoms with Crippen LogP contribution in [-0.2, 0) is 4.79 Å². The summed E-state index contributed by atoms with van der Waals surface area (Å²) in [5, 5.41) is 4.22. The molecule has 9 heteroatoms. The lowest BCUT2D eigenvalue weighted by molar-refractivity contribution is -0.136. The summed E-state index contributed by atoms with van der Waals surface area (Å²) in [6.07, 6.45) is -6.20. The molecule has 1 aliphatic rings. The van der Waals surface area contributed by atoms with Crippen LogP contribution < -0.4 is 10.6 Å². The highest BCUT2D eigenvalue weighted by atomic mass is 35.5. The van der Waals surface area contributed by atoms with Crippen molar-refractivity contribution in [3.05, 3.63) is 0 Å². The van der Waals surface area contributed by atoms with E-state index in [1.165, 1.54) is 0 Å². The minimum atomic E-state index is -4.36. The van der Waals surface area contributed by atoms with E-state index in [2.05, 4.69) is 5.32 Å². The summed E-state index contributed by atoms with van der Waals surface area (Å²) >= 11 is 0. The summed E-state index contributed by atoms with van der Waals surface area (Å²) in [5.41, 5.74) is 0. The molecule has 0 aromatic rings. The highest BCUT2D eigenvalue weighted by Crippen LogP contribution is 2.25. The van der Waals surface area contributed by atoms with Crippen LogP contribution in [0.5, 0.6) is 0 Å². The van der Waals surface area contributed by atoms with Gasteiger partial charge < -0.3 is 5.32 Å². The van der Waals surface area contributed by atoms with Crippen LogP contribution in [0.3, 0.4) is 0 Å². The van der Waals surface area contributed by atoms with Gasteiger partial charge in [0.25, 0.3) is 5.92 Å². The predicted molar refractivity (Wildman–Crippen MR) is 52.3 cm³/mol. The number of hydrogen-bond donors (Lipinski definition) is 2. The van der Waals surface area contributed by atoms with Gasteiger partial charge in [-0.2, -0.15) is 13.2 Å². The molecule has 1 atom stereocenters. The first kappa shape index (κ1) is 16.4. The molecule has 1 saturated heterocycles. The number of halogens is 6. The Balaban J connectivity index is 0.00000256. The number of rotatable bonds is 3. The van der Waals surface area contributed by atoms with Crippen molar-refractivity contribution in [2.75, 3.05) is 13.1 Å². The van der Waals surface area contributed by atoms with E-state index in [1.54, 1.807) is 0 Å². The summed E-state index contributed by atoms with van der Waals surface area (Å²) in [4.78, 5) is 11.1. The predicted octanol–water partition coefficient (Wildman–Crippen LogP) is 1.47. The molecule has 1 amide bonds. The van der Waals surface area contributed by atoms with Crippen LogP contribution in [0, 0.1) is 0 Å². The molecule has 3 nitrogen and oxygen atoms in total. The summed E-state index contributed by atoms with van der Waals surface area (Å²) in [5.74, 6) is -3.78. The third kappa shape index (κ3) is 6.02. The number of hydrogen-bond acceptors (Lipinski definition) is 2. The van der Waals surface area contributed by atoms with Crippen LogP contribution in [-0.4, -0.2) is 37.1 Å². The molecule has 2 N–H and O–H groups in total. The van der Waals surface area contributed by atoms with Gasteiger partial charge in [0.1, 0.15) is 0 Å². The van der Waals surface area contributed by atoms with Crippen LogP contribution >= 0.6 is 12.4 Å². The van der Waals surface area contributed by atoms with Crippen LogP contribution in [0.15, 0.2) is 0 Å². The molecular weight excluding hydrogens is 271 g/mol. The van der Waals surface area contributed by atoms with E-state index in [4.69, 9.17) is 0 Å². The molecule has 0 radical (unpaired) electrons. The van der Waals surface area contributed by atoms with Crippen molar-refractivity contribution >= 4 is 18.3 Å². The molecular formula is C8H12ClF5N2O. The molecule has 0 bridgehead atoms. The largest absolute Gasteiger partial charge is 0.390 e. The SMILES string of the molecule is Cl.O=C(NCCC(F)(F)F)C1CC(F)(F)CN1. The zero-order chi connectivity index (χ0) is 12.4. The molecule has 0 aliphatic carbocycles. The van der Waals surface area contributed by atoms with E-state index in [9.17, 15) is 26.7 Å².